The fraction of sp³-hybridized carbons (Fsp3) is 0.294. The van der Waals surface area contributed by atoms with Gasteiger partial charge in [-0.3, -0.25) is 9.59 Å². The molecule has 1 fully saturated rings. The summed E-state index contributed by atoms with van der Waals surface area (Å²) in [5.41, 5.74) is 2.12. The highest BCUT2D eigenvalue weighted by atomic mass is 16.2. The van der Waals surface area contributed by atoms with Crippen molar-refractivity contribution in [1.82, 2.24) is 4.98 Å². The molecule has 2 heterocycles. The van der Waals surface area contributed by atoms with Crippen molar-refractivity contribution in [1.29, 1.82) is 0 Å². The average Bonchev–Trinajstić information content (AvgIpc) is 3.38. The molecular weight excluding hydrogens is 278 g/mol. The van der Waals surface area contributed by atoms with E-state index in [1.54, 1.807) is 17.0 Å². The van der Waals surface area contributed by atoms with Gasteiger partial charge in [0.2, 0.25) is 5.56 Å². The summed E-state index contributed by atoms with van der Waals surface area (Å²) in [6.07, 6.45) is 2.46. The molecule has 0 unspecified atom stereocenters. The number of aromatic nitrogens is 1. The zero-order chi connectivity index (χ0) is 15.1. The molecule has 1 aromatic carbocycles. The Morgan fingerprint density at radius 2 is 1.77 bits per heavy atom. The van der Waals surface area contributed by atoms with Crippen LogP contribution in [0.25, 0.3) is 0 Å². The van der Waals surface area contributed by atoms with E-state index < -0.39 is 0 Å². The minimum Gasteiger partial charge on any atom is -0.365 e. The number of H-pyrrole nitrogens is 1. The first-order chi connectivity index (χ1) is 10.7. The van der Waals surface area contributed by atoms with Gasteiger partial charge in [0, 0.05) is 25.2 Å². The van der Waals surface area contributed by atoms with Gasteiger partial charge in [-0.2, -0.15) is 0 Å². The first-order valence-electron chi connectivity index (χ1n) is 7.61. The van der Waals surface area contributed by atoms with Crippen molar-refractivity contribution in [2.45, 2.75) is 18.9 Å². The maximum Gasteiger partial charge on any atom is 0.274 e. The summed E-state index contributed by atoms with van der Waals surface area (Å²) >= 11 is 0. The van der Waals surface area contributed by atoms with E-state index in [0.717, 1.165) is 17.9 Å². The van der Waals surface area contributed by atoms with E-state index in [-0.39, 0.29) is 11.5 Å². The third kappa shape index (κ3) is 2.19. The molecule has 1 aliphatic heterocycles. The summed E-state index contributed by atoms with van der Waals surface area (Å²) in [6, 6.07) is 13.3. The standard InChI is InChI=1S/C17H17N3O2/c21-16-7-3-4-13(18-16)17(22)20-11-10-19(12-8-9-12)14-5-1-2-6-15(14)20/h1-7,12H,8-11H2,(H,18,21). The Balaban J connectivity index is 1.72. The van der Waals surface area contributed by atoms with Crippen LogP contribution in [0.5, 0.6) is 0 Å². The van der Waals surface area contributed by atoms with E-state index >= 15 is 0 Å². The SMILES string of the molecule is O=C(c1cccc(=O)[nH]1)N1CCN(C2CC2)c2ccccc21. The molecule has 4 rings (SSSR count). The maximum atomic E-state index is 12.7. The number of carbonyl (C=O) groups excluding carboxylic acids is 1. The molecule has 2 aromatic rings. The van der Waals surface area contributed by atoms with Crippen LogP contribution in [0.2, 0.25) is 0 Å². The molecule has 1 N–H and O–H groups in total. The van der Waals surface area contributed by atoms with Gasteiger partial charge in [0.15, 0.2) is 0 Å². The van der Waals surface area contributed by atoms with Gasteiger partial charge in [0.05, 0.1) is 11.4 Å². The molecule has 1 saturated carbocycles. The second-order valence-electron chi connectivity index (χ2n) is 5.80. The third-order valence-electron chi connectivity index (χ3n) is 4.28. The summed E-state index contributed by atoms with van der Waals surface area (Å²) in [7, 11) is 0. The molecule has 1 amide bonds. The van der Waals surface area contributed by atoms with Gasteiger partial charge in [-0.1, -0.05) is 18.2 Å². The number of nitrogens with one attached hydrogen (secondary N) is 1. The zero-order valence-electron chi connectivity index (χ0n) is 12.2. The Bertz CT molecular complexity index is 779. The van der Waals surface area contributed by atoms with Crippen molar-refractivity contribution in [3.05, 3.63) is 58.5 Å². The van der Waals surface area contributed by atoms with E-state index in [4.69, 9.17) is 0 Å². The van der Waals surface area contributed by atoms with Gasteiger partial charge >= 0.3 is 0 Å². The quantitative estimate of drug-likeness (QED) is 0.922. The van der Waals surface area contributed by atoms with Crippen molar-refractivity contribution in [3.8, 4) is 0 Å². The Morgan fingerprint density at radius 3 is 2.50 bits per heavy atom. The number of amides is 1. The van der Waals surface area contributed by atoms with Crippen LogP contribution in [-0.4, -0.2) is 30.0 Å². The van der Waals surface area contributed by atoms with Gasteiger partial charge in [-0.05, 0) is 31.0 Å². The van der Waals surface area contributed by atoms with Crippen LogP contribution in [0.1, 0.15) is 23.3 Å². The van der Waals surface area contributed by atoms with Gasteiger partial charge in [0.25, 0.3) is 5.91 Å². The van der Waals surface area contributed by atoms with Gasteiger partial charge in [-0.15, -0.1) is 0 Å². The zero-order valence-corrected chi connectivity index (χ0v) is 12.2. The van der Waals surface area contributed by atoms with E-state index in [9.17, 15) is 9.59 Å². The molecule has 0 saturated heterocycles. The molecule has 0 radical (unpaired) electrons. The number of carbonyl (C=O) groups is 1. The number of hydrogen-bond donors (Lipinski definition) is 1. The van der Waals surface area contributed by atoms with E-state index in [1.165, 1.54) is 18.9 Å². The van der Waals surface area contributed by atoms with Crippen LogP contribution >= 0.6 is 0 Å². The number of hydrogen-bond acceptors (Lipinski definition) is 3. The highest BCUT2D eigenvalue weighted by Gasteiger charge is 2.35. The minimum absolute atomic E-state index is 0.152. The van der Waals surface area contributed by atoms with Crippen LogP contribution in [-0.2, 0) is 0 Å². The molecule has 1 aromatic heterocycles. The van der Waals surface area contributed by atoms with E-state index in [0.29, 0.717) is 18.3 Å². The number of rotatable bonds is 2. The predicted molar refractivity (Wildman–Crippen MR) is 85.5 cm³/mol. The molecule has 5 nitrogen and oxygen atoms in total. The van der Waals surface area contributed by atoms with Crippen molar-refractivity contribution in [2.24, 2.45) is 0 Å². The summed E-state index contributed by atoms with van der Waals surface area (Å²) in [4.78, 5) is 31.0. The Labute approximate surface area is 128 Å². The second-order valence-corrected chi connectivity index (χ2v) is 5.80. The van der Waals surface area contributed by atoms with Crippen LogP contribution in [0.4, 0.5) is 11.4 Å². The Kier molecular flexibility index (Phi) is 2.99. The first-order valence-corrected chi connectivity index (χ1v) is 7.61. The maximum absolute atomic E-state index is 12.7. The summed E-state index contributed by atoms with van der Waals surface area (Å²) in [5, 5.41) is 0. The van der Waals surface area contributed by atoms with E-state index in [2.05, 4.69) is 16.0 Å². The molecule has 0 bridgehead atoms. The summed E-state index contributed by atoms with van der Waals surface area (Å²) in [6.45, 7) is 1.48. The van der Waals surface area contributed by atoms with Crippen molar-refractivity contribution < 1.29 is 4.79 Å². The minimum atomic E-state index is -0.254. The fourth-order valence-electron chi connectivity index (χ4n) is 3.08. The van der Waals surface area contributed by atoms with Crippen LogP contribution in [0, 0.1) is 0 Å². The molecule has 0 spiro atoms. The number of benzene rings is 1. The Hall–Kier alpha value is -2.56. The molecule has 22 heavy (non-hydrogen) atoms. The van der Waals surface area contributed by atoms with Crippen LogP contribution in [0.15, 0.2) is 47.3 Å². The normalized spacial score (nSPS) is 17.3. The average molecular weight is 295 g/mol. The third-order valence-corrected chi connectivity index (χ3v) is 4.28. The van der Waals surface area contributed by atoms with Crippen LogP contribution < -0.4 is 15.4 Å². The van der Waals surface area contributed by atoms with E-state index in [1.807, 2.05) is 18.2 Å². The highest BCUT2D eigenvalue weighted by Crippen LogP contribution is 2.40. The summed E-state index contributed by atoms with van der Waals surface area (Å²) < 4.78 is 0. The lowest BCUT2D eigenvalue weighted by Gasteiger charge is -2.37. The molecule has 2 aliphatic rings. The lowest BCUT2D eigenvalue weighted by Crippen LogP contribution is -2.45. The molecule has 112 valence electrons. The number of fused-ring (bicyclic) bond motifs is 1. The number of pyridine rings is 1. The van der Waals surface area contributed by atoms with Crippen LogP contribution in [0.3, 0.4) is 0 Å². The van der Waals surface area contributed by atoms with Gasteiger partial charge in [-0.25, -0.2) is 0 Å². The fourth-order valence-corrected chi connectivity index (χ4v) is 3.08. The largest absolute Gasteiger partial charge is 0.365 e. The highest BCUT2D eigenvalue weighted by molar-refractivity contribution is 6.07. The molecule has 1 aliphatic carbocycles. The number of para-hydroxylation sites is 2. The molecule has 5 heteroatoms. The van der Waals surface area contributed by atoms with Crippen molar-refractivity contribution >= 4 is 17.3 Å². The number of aromatic amines is 1. The molecule has 0 atom stereocenters. The molecular formula is C17H17N3O2. The lowest BCUT2D eigenvalue weighted by molar-refractivity contribution is 0.0981. The predicted octanol–water partition coefficient (Wildman–Crippen LogP) is 2.00. The second kappa shape index (κ2) is 5.02. The number of nitrogens with zero attached hydrogens (tertiary/aromatic N) is 2. The van der Waals surface area contributed by atoms with Gasteiger partial charge in [0.1, 0.15) is 5.69 Å². The summed E-state index contributed by atoms with van der Waals surface area (Å²) in [5.74, 6) is -0.152. The van der Waals surface area contributed by atoms with Crippen molar-refractivity contribution in [3.63, 3.8) is 0 Å². The first kappa shape index (κ1) is 13.1. The number of anilines is 2. The van der Waals surface area contributed by atoms with Gasteiger partial charge < -0.3 is 14.8 Å². The van der Waals surface area contributed by atoms with Crippen molar-refractivity contribution in [2.75, 3.05) is 22.9 Å². The topological polar surface area (TPSA) is 56.4 Å². The Morgan fingerprint density at radius 1 is 1.00 bits per heavy atom. The monoisotopic (exact) mass is 295 g/mol. The lowest BCUT2D eigenvalue weighted by atomic mass is 10.1. The smallest absolute Gasteiger partial charge is 0.274 e.